The fraction of sp³-hybridized carbons (Fsp3) is 0. The molecule has 0 N–H and O–H groups in total. The first-order valence-corrected chi connectivity index (χ1v) is 3.31. The fourth-order valence-electron chi connectivity index (χ4n) is 0.196. The van der Waals surface area contributed by atoms with Crippen molar-refractivity contribution in [2.75, 3.05) is 0 Å². The summed E-state index contributed by atoms with van der Waals surface area (Å²) in [6.45, 7) is 11.2. The summed E-state index contributed by atoms with van der Waals surface area (Å²) in [6, 6.07) is 3.86. The van der Waals surface area contributed by atoms with Crippen LogP contribution in [-0.2, 0) is 17.1 Å². The van der Waals surface area contributed by atoms with Gasteiger partial charge in [-0.05, 0) is 0 Å². The van der Waals surface area contributed by atoms with Crippen LogP contribution in [0.25, 0.3) is 0 Å². The summed E-state index contributed by atoms with van der Waals surface area (Å²) in [5.74, 6) is 0. The van der Waals surface area contributed by atoms with Gasteiger partial charge in [0.05, 0.1) is 0 Å². The van der Waals surface area contributed by atoms with E-state index < -0.39 is 0 Å². The van der Waals surface area contributed by atoms with Crippen LogP contribution in [0.2, 0.25) is 0 Å². The number of allylic oxidation sites excluding steroid dienone is 1. The Morgan fingerprint density at radius 2 is 2.00 bits per heavy atom. The van der Waals surface area contributed by atoms with Crippen LogP contribution in [0, 0.1) is 24.1 Å². The second-order valence-electron chi connectivity index (χ2n) is 1.02. The summed E-state index contributed by atoms with van der Waals surface area (Å²) in [5.41, 5.74) is 0. The maximum atomic E-state index is 6.25. The fourth-order valence-corrected chi connectivity index (χ4v) is 0.589. The van der Waals surface area contributed by atoms with Crippen molar-refractivity contribution < 1.29 is 35.9 Å². The minimum absolute atomic E-state index is 0. The van der Waals surface area contributed by atoms with Gasteiger partial charge < -0.3 is 23.2 Å². The molecule has 0 aromatic carbocycles. The largest absolute Gasteiger partial charge is 2.00 e. The first kappa shape index (κ1) is 22.7. The smallest absolute Gasteiger partial charge is 0.512 e. The quantitative estimate of drug-likeness (QED) is 0.433. The van der Waals surface area contributed by atoms with Gasteiger partial charge in [0.2, 0.25) is 0 Å². The first-order chi connectivity index (χ1) is 4.91. The molecule has 63 valence electrons. The monoisotopic (exact) mass is 220 g/mol. The van der Waals surface area contributed by atoms with Gasteiger partial charge in [-0.1, -0.05) is 0 Å². The van der Waals surface area contributed by atoms with E-state index in [0.717, 1.165) is 0 Å². The maximum absolute atomic E-state index is 6.25. The van der Waals surface area contributed by atoms with Crippen molar-refractivity contribution in [2.24, 2.45) is 0 Å². The molecular weight excluding hydrogens is 213 g/mol. The molecule has 1 aromatic rings. The molecule has 4 heteroatoms. The molecule has 1 radical (unpaired) electrons. The molecule has 0 unspecified atom stereocenters. The van der Waals surface area contributed by atoms with Crippen molar-refractivity contribution in [1.82, 2.24) is 0 Å². The summed E-state index contributed by atoms with van der Waals surface area (Å²) in [5, 5.41) is 11.1. The normalized spacial score (nSPS) is 4.50. The molecule has 0 amide bonds. The number of hydrogen-bond donors (Lipinski definition) is 0. The van der Waals surface area contributed by atoms with E-state index >= 15 is 0 Å². The molecular formula is C8H8CuLiNS. The molecule has 0 saturated carbocycles. The zero-order valence-corrected chi connectivity index (χ0v) is 8.64. The van der Waals surface area contributed by atoms with E-state index in [-0.39, 0.29) is 35.9 Å². The molecule has 0 spiro atoms. The van der Waals surface area contributed by atoms with E-state index in [4.69, 9.17) is 11.8 Å². The number of hydrogen-bond acceptors (Lipinski definition) is 2. The summed E-state index contributed by atoms with van der Waals surface area (Å²) in [7, 11) is 0. The third-order valence-corrected chi connectivity index (χ3v) is 0.944. The van der Waals surface area contributed by atoms with Crippen LogP contribution < -0.4 is 18.9 Å². The number of nitrogens with zero attached hydrogens (tertiary/aromatic N) is 1. The molecule has 1 nitrogen and oxygen atoms in total. The van der Waals surface area contributed by atoms with Crippen molar-refractivity contribution in [3.05, 3.63) is 49.0 Å². The summed E-state index contributed by atoms with van der Waals surface area (Å²) in [4.78, 5) is 0. The second kappa shape index (κ2) is 30.7. The Morgan fingerprint density at radius 1 is 1.58 bits per heavy atom. The van der Waals surface area contributed by atoms with Gasteiger partial charge >= 0.3 is 35.9 Å². The van der Waals surface area contributed by atoms with E-state index in [2.05, 4.69) is 18.9 Å². The van der Waals surface area contributed by atoms with Crippen LogP contribution >= 0.6 is 11.3 Å². The molecule has 0 bridgehead atoms. The van der Waals surface area contributed by atoms with Crippen LogP contribution in [-0.4, -0.2) is 0 Å². The zero-order valence-electron chi connectivity index (χ0n) is 6.88. The Balaban J connectivity index is -0.0000000415. The molecule has 0 aliphatic carbocycles. The summed E-state index contributed by atoms with van der Waals surface area (Å²) >= 11 is 1.59. The molecule has 1 heterocycles. The van der Waals surface area contributed by atoms with Crippen LogP contribution in [0.5, 0.6) is 0 Å². The Kier molecular flexibility index (Phi) is 57.9. The Morgan fingerprint density at radius 3 is 2.08 bits per heavy atom. The molecule has 0 fully saturated rings. The SMILES string of the molecule is C=C[CH2-].[C-]#N.[Cu+2].[Li+].[c-]1cccs1. The van der Waals surface area contributed by atoms with E-state index in [1.54, 1.807) is 11.3 Å². The molecule has 1 aromatic heterocycles. The molecule has 1 rings (SSSR count). The second-order valence-corrected chi connectivity index (χ2v) is 1.76. The van der Waals surface area contributed by atoms with Crippen LogP contribution in [0.4, 0.5) is 0 Å². The third-order valence-electron chi connectivity index (χ3n) is 0.379. The zero-order chi connectivity index (χ0) is 8.24. The van der Waals surface area contributed by atoms with Gasteiger partial charge in [0.25, 0.3) is 0 Å². The van der Waals surface area contributed by atoms with Crippen molar-refractivity contribution in [2.45, 2.75) is 0 Å². The Bertz CT molecular complexity index is 134. The van der Waals surface area contributed by atoms with Gasteiger partial charge in [0, 0.05) is 0 Å². The van der Waals surface area contributed by atoms with Crippen molar-refractivity contribution in [3.8, 4) is 0 Å². The van der Waals surface area contributed by atoms with Crippen LogP contribution in [0.1, 0.15) is 0 Å². The minimum Gasteiger partial charge on any atom is -0.512 e. The summed E-state index contributed by atoms with van der Waals surface area (Å²) < 4.78 is 0. The van der Waals surface area contributed by atoms with E-state index in [9.17, 15) is 0 Å². The maximum Gasteiger partial charge on any atom is 2.00 e. The average Bonchev–Trinajstić information content (AvgIpc) is 2.48. The topological polar surface area (TPSA) is 23.8 Å². The van der Waals surface area contributed by atoms with Gasteiger partial charge in [-0.25, -0.2) is 25.6 Å². The molecule has 0 saturated heterocycles. The predicted molar refractivity (Wildman–Crippen MR) is 43.7 cm³/mol. The van der Waals surface area contributed by atoms with Gasteiger partial charge in [-0.2, -0.15) is 11.4 Å². The Hall–Kier alpha value is -0.0831. The molecule has 0 aliphatic heterocycles. The van der Waals surface area contributed by atoms with E-state index in [0.29, 0.717) is 0 Å². The first-order valence-electron chi connectivity index (χ1n) is 2.44. The molecule has 0 atom stereocenters. The van der Waals surface area contributed by atoms with Gasteiger partial charge in [0.15, 0.2) is 0 Å². The standard InChI is InChI=1S/C4H3S.C3H5.CN.Cu.Li/c1-2-4-5-3-1;1-3-2;1-2;;/h1-3H;3H,1-2H2;;;/q3*-1;+2;+1. The number of rotatable bonds is 0. The van der Waals surface area contributed by atoms with Gasteiger partial charge in [-0.3, -0.25) is 0 Å². The molecule has 12 heavy (non-hydrogen) atoms. The molecule has 0 aliphatic rings. The summed E-state index contributed by atoms with van der Waals surface area (Å²) in [6.07, 6.45) is 1.50. The van der Waals surface area contributed by atoms with Crippen molar-refractivity contribution >= 4 is 11.3 Å². The van der Waals surface area contributed by atoms with Crippen molar-refractivity contribution in [1.29, 1.82) is 5.26 Å². The van der Waals surface area contributed by atoms with E-state index in [1.807, 2.05) is 17.5 Å². The number of thiophene rings is 1. The Labute approximate surface area is 101 Å². The third kappa shape index (κ3) is 32.6. The predicted octanol–water partition coefficient (Wildman–Crippen LogP) is -0.347. The van der Waals surface area contributed by atoms with Crippen LogP contribution in [0.3, 0.4) is 0 Å². The van der Waals surface area contributed by atoms with Gasteiger partial charge in [0.1, 0.15) is 0 Å². The van der Waals surface area contributed by atoms with Crippen molar-refractivity contribution in [3.63, 3.8) is 0 Å². The van der Waals surface area contributed by atoms with E-state index in [1.165, 1.54) is 6.08 Å². The van der Waals surface area contributed by atoms with Crippen LogP contribution in [0.15, 0.2) is 30.2 Å². The average molecular weight is 221 g/mol. The van der Waals surface area contributed by atoms with Gasteiger partial charge in [-0.15, -0.1) is 5.38 Å². The minimum atomic E-state index is 0.